The molecule has 0 unspecified atom stereocenters. The van der Waals surface area contributed by atoms with Crippen molar-refractivity contribution in [3.63, 3.8) is 0 Å². The van der Waals surface area contributed by atoms with Gasteiger partial charge in [-0.05, 0) is 30.7 Å². The molecule has 0 spiro atoms. The minimum atomic E-state index is 0.0307. The molecule has 1 N–H and O–H groups in total. The highest BCUT2D eigenvalue weighted by atomic mass is 79.9. The van der Waals surface area contributed by atoms with Crippen LogP contribution < -0.4 is 4.90 Å². The molecule has 1 amide bonds. The van der Waals surface area contributed by atoms with Gasteiger partial charge in [-0.3, -0.25) is 9.89 Å². The SMILES string of the molecule is Cc1ccccc1N1CCN(C(=O)c2cn[nH]c2-c2cccc(Br)c2)CC1. The van der Waals surface area contributed by atoms with Gasteiger partial charge in [-0.2, -0.15) is 5.10 Å². The Morgan fingerprint density at radius 2 is 1.85 bits per heavy atom. The van der Waals surface area contributed by atoms with E-state index in [-0.39, 0.29) is 5.91 Å². The van der Waals surface area contributed by atoms with Gasteiger partial charge in [0.05, 0.1) is 17.5 Å². The minimum Gasteiger partial charge on any atom is -0.368 e. The summed E-state index contributed by atoms with van der Waals surface area (Å²) in [5, 5.41) is 7.10. The second-order valence-electron chi connectivity index (χ2n) is 6.73. The standard InChI is InChI=1S/C21H21BrN4O/c1-15-5-2-3-8-19(15)25-9-11-26(12-10-25)21(27)18-14-23-24-20(18)16-6-4-7-17(22)13-16/h2-8,13-14H,9-12H2,1H3,(H,23,24). The molecule has 1 aromatic heterocycles. The zero-order valence-corrected chi connectivity index (χ0v) is 16.7. The van der Waals surface area contributed by atoms with Crippen molar-refractivity contribution in [2.24, 2.45) is 0 Å². The number of anilines is 1. The van der Waals surface area contributed by atoms with Gasteiger partial charge < -0.3 is 9.80 Å². The summed E-state index contributed by atoms with van der Waals surface area (Å²) in [6.45, 7) is 5.20. The van der Waals surface area contributed by atoms with E-state index >= 15 is 0 Å². The highest BCUT2D eigenvalue weighted by molar-refractivity contribution is 9.10. The van der Waals surface area contributed by atoms with Gasteiger partial charge in [0.15, 0.2) is 0 Å². The maximum Gasteiger partial charge on any atom is 0.257 e. The molecule has 0 aliphatic carbocycles. The minimum absolute atomic E-state index is 0.0307. The third-order valence-electron chi connectivity index (χ3n) is 5.01. The van der Waals surface area contributed by atoms with Gasteiger partial charge in [-0.25, -0.2) is 0 Å². The van der Waals surface area contributed by atoms with Crippen molar-refractivity contribution in [2.75, 3.05) is 31.1 Å². The van der Waals surface area contributed by atoms with Crippen LogP contribution in [0.2, 0.25) is 0 Å². The Labute approximate surface area is 167 Å². The second kappa shape index (κ2) is 7.56. The summed E-state index contributed by atoms with van der Waals surface area (Å²) in [4.78, 5) is 17.4. The first-order valence-corrected chi connectivity index (χ1v) is 9.82. The van der Waals surface area contributed by atoms with Crippen LogP contribution in [0.4, 0.5) is 5.69 Å². The van der Waals surface area contributed by atoms with E-state index in [2.05, 4.69) is 62.2 Å². The van der Waals surface area contributed by atoms with Crippen LogP contribution in [-0.2, 0) is 0 Å². The average Bonchev–Trinajstić information content (AvgIpc) is 3.18. The Hall–Kier alpha value is -2.60. The third-order valence-corrected chi connectivity index (χ3v) is 5.50. The number of hydrogen-bond donors (Lipinski definition) is 1. The van der Waals surface area contributed by atoms with Gasteiger partial charge in [-0.1, -0.05) is 46.3 Å². The molecule has 0 bridgehead atoms. The van der Waals surface area contributed by atoms with E-state index in [1.807, 2.05) is 29.2 Å². The van der Waals surface area contributed by atoms with Crippen molar-refractivity contribution in [3.8, 4) is 11.3 Å². The molecule has 5 nitrogen and oxygen atoms in total. The third kappa shape index (κ3) is 3.62. The van der Waals surface area contributed by atoms with Crippen molar-refractivity contribution >= 4 is 27.5 Å². The molecule has 0 saturated carbocycles. The van der Waals surface area contributed by atoms with Crippen LogP contribution >= 0.6 is 15.9 Å². The van der Waals surface area contributed by atoms with Crippen LogP contribution in [0.3, 0.4) is 0 Å². The molecule has 4 rings (SSSR count). The first-order valence-electron chi connectivity index (χ1n) is 9.02. The van der Waals surface area contributed by atoms with Gasteiger partial charge in [0, 0.05) is 41.9 Å². The van der Waals surface area contributed by atoms with Crippen LogP contribution in [0.15, 0.2) is 59.2 Å². The fourth-order valence-electron chi connectivity index (χ4n) is 3.55. The Kier molecular flexibility index (Phi) is 4.99. The molecule has 2 aromatic carbocycles. The van der Waals surface area contributed by atoms with Gasteiger partial charge in [0.1, 0.15) is 0 Å². The van der Waals surface area contributed by atoms with Crippen molar-refractivity contribution in [3.05, 3.63) is 70.3 Å². The number of piperazine rings is 1. The molecular weight excluding hydrogens is 404 g/mol. The van der Waals surface area contributed by atoms with Crippen LogP contribution in [0.25, 0.3) is 11.3 Å². The first-order chi connectivity index (χ1) is 13.1. The van der Waals surface area contributed by atoms with E-state index in [4.69, 9.17) is 0 Å². The van der Waals surface area contributed by atoms with E-state index in [9.17, 15) is 4.79 Å². The van der Waals surface area contributed by atoms with Crippen molar-refractivity contribution < 1.29 is 4.79 Å². The van der Waals surface area contributed by atoms with Crippen LogP contribution in [0, 0.1) is 6.92 Å². The van der Waals surface area contributed by atoms with Crippen LogP contribution in [0.5, 0.6) is 0 Å². The summed E-state index contributed by atoms with van der Waals surface area (Å²) >= 11 is 3.49. The van der Waals surface area contributed by atoms with Gasteiger partial charge in [0.2, 0.25) is 0 Å². The van der Waals surface area contributed by atoms with E-state index < -0.39 is 0 Å². The summed E-state index contributed by atoms with van der Waals surface area (Å²) in [7, 11) is 0. The molecule has 3 aromatic rings. The summed E-state index contributed by atoms with van der Waals surface area (Å²) in [5.74, 6) is 0.0307. The Balaban J connectivity index is 1.50. The van der Waals surface area contributed by atoms with Gasteiger partial charge >= 0.3 is 0 Å². The van der Waals surface area contributed by atoms with E-state index in [1.54, 1.807) is 6.20 Å². The maximum absolute atomic E-state index is 13.1. The lowest BCUT2D eigenvalue weighted by atomic mass is 10.1. The lowest BCUT2D eigenvalue weighted by molar-refractivity contribution is 0.0747. The number of carbonyl (C=O) groups excluding carboxylic acids is 1. The summed E-state index contributed by atoms with van der Waals surface area (Å²) in [6.07, 6.45) is 1.63. The number of amides is 1. The van der Waals surface area contributed by atoms with E-state index in [1.165, 1.54) is 11.3 Å². The number of aryl methyl sites for hydroxylation is 1. The van der Waals surface area contributed by atoms with Gasteiger partial charge in [-0.15, -0.1) is 0 Å². The number of aromatic amines is 1. The Morgan fingerprint density at radius 1 is 1.07 bits per heavy atom. The zero-order valence-electron chi connectivity index (χ0n) is 15.2. The highest BCUT2D eigenvalue weighted by Crippen LogP contribution is 2.26. The molecule has 6 heteroatoms. The first kappa shape index (κ1) is 17.8. The summed E-state index contributed by atoms with van der Waals surface area (Å²) in [6, 6.07) is 16.3. The smallest absolute Gasteiger partial charge is 0.257 e. The molecule has 1 fully saturated rings. The number of nitrogens with zero attached hydrogens (tertiary/aromatic N) is 3. The number of rotatable bonds is 3. The molecule has 1 aliphatic rings. The van der Waals surface area contributed by atoms with Crippen molar-refractivity contribution in [1.82, 2.24) is 15.1 Å². The number of benzene rings is 2. The number of nitrogens with one attached hydrogen (secondary N) is 1. The molecule has 1 aliphatic heterocycles. The topological polar surface area (TPSA) is 52.2 Å². The van der Waals surface area contributed by atoms with E-state index in [0.29, 0.717) is 18.7 Å². The quantitative estimate of drug-likeness (QED) is 0.687. The molecule has 1 saturated heterocycles. The van der Waals surface area contributed by atoms with Crippen LogP contribution in [0.1, 0.15) is 15.9 Å². The number of para-hydroxylation sites is 1. The normalized spacial score (nSPS) is 14.4. The highest BCUT2D eigenvalue weighted by Gasteiger charge is 2.25. The summed E-state index contributed by atoms with van der Waals surface area (Å²) < 4.78 is 0.972. The van der Waals surface area contributed by atoms with Gasteiger partial charge in [0.25, 0.3) is 5.91 Å². The number of halogens is 1. The Bertz CT molecular complexity index is 960. The van der Waals surface area contributed by atoms with Crippen molar-refractivity contribution in [1.29, 1.82) is 0 Å². The molecular formula is C21H21BrN4O. The lowest BCUT2D eigenvalue weighted by Gasteiger charge is -2.36. The molecule has 0 atom stereocenters. The monoisotopic (exact) mass is 424 g/mol. The lowest BCUT2D eigenvalue weighted by Crippen LogP contribution is -2.49. The number of hydrogen-bond acceptors (Lipinski definition) is 3. The molecule has 138 valence electrons. The van der Waals surface area contributed by atoms with Crippen molar-refractivity contribution in [2.45, 2.75) is 6.92 Å². The largest absolute Gasteiger partial charge is 0.368 e. The van der Waals surface area contributed by atoms with Crippen LogP contribution in [-0.4, -0.2) is 47.2 Å². The predicted octanol–water partition coefficient (Wildman–Crippen LogP) is 4.11. The predicted molar refractivity (Wildman–Crippen MR) is 111 cm³/mol. The second-order valence-corrected chi connectivity index (χ2v) is 7.65. The van der Waals surface area contributed by atoms with E-state index in [0.717, 1.165) is 28.8 Å². The molecule has 27 heavy (non-hydrogen) atoms. The zero-order chi connectivity index (χ0) is 18.8. The Morgan fingerprint density at radius 3 is 2.59 bits per heavy atom. The number of aromatic nitrogens is 2. The fraction of sp³-hybridized carbons (Fsp3) is 0.238. The average molecular weight is 425 g/mol. The summed E-state index contributed by atoms with van der Waals surface area (Å²) in [5.41, 5.74) is 4.86. The molecule has 2 heterocycles. The fourth-order valence-corrected chi connectivity index (χ4v) is 3.95. The molecule has 0 radical (unpaired) electrons. The maximum atomic E-state index is 13.1. The number of H-pyrrole nitrogens is 1. The number of carbonyl (C=O) groups is 1.